The van der Waals surface area contributed by atoms with Gasteiger partial charge < -0.3 is 15.0 Å². The first-order chi connectivity index (χ1) is 20.1. The average molecular weight is 633 g/mol. The number of anilines is 1. The molecule has 0 bridgehead atoms. The molecule has 1 aliphatic rings. The molecule has 0 heterocycles. The molecule has 0 saturated heterocycles. The van der Waals surface area contributed by atoms with Gasteiger partial charge in [-0.1, -0.05) is 67.2 Å². The molecule has 1 saturated carbocycles. The van der Waals surface area contributed by atoms with Gasteiger partial charge in [-0.15, -0.1) is 0 Å². The molecular formula is C31H35Cl2N3O5S. The summed E-state index contributed by atoms with van der Waals surface area (Å²) in [4.78, 5) is 29.1. The fraction of sp³-hybridized carbons (Fsp3) is 0.355. The number of carbonyl (C=O) groups is 2. The highest BCUT2D eigenvalue weighted by atomic mass is 35.5. The molecule has 0 aromatic heterocycles. The van der Waals surface area contributed by atoms with E-state index in [1.165, 1.54) is 24.1 Å². The molecule has 8 nitrogen and oxygen atoms in total. The van der Waals surface area contributed by atoms with E-state index in [4.69, 9.17) is 27.9 Å². The lowest BCUT2D eigenvalue weighted by atomic mass is 10.1. The SMILES string of the molecule is CCC(C(=O)NC1CCCC1)N(Cc1c(Cl)cccc1Cl)C(=O)CN(c1ccccc1)S(=O)(=O)c1ccc(OC)cc1. The topological polar surface area (TPSA) is 96.0 Å². The lowest BCUT2D eigenvalue weighted by Crippen LogP contribution is -2.53. The van der Waals surface area contributed by atoms with Gasteiger partial charge >= 0.3 is 0 Å². The van der Waals surface area contributed by atoms with Crippen LogP contribution in [-0.2, 0) is 26.2 Å². The van der Waals surface area contributed by atoms with Crippen LogP contribution in [0.25, 0.3) is 0 Å². The van der Waals surface area contributed by atoms with Crippen molar-refractivity contribution in [2.24, 2.45) is 0 Å². The summed E-state index contributed by atoms with van der Waals surface area (Å²) in [6, 6.07) is 18.5. The van der Waals surface area contributed by atoms with Crippen molar-refractivity contribution in [2.45, 2.75) is 62.6 Å². The van der Waals surface area contributed by atoms with Gasteiger partial charge in [0.25, 0.3) is 10.0 Å². The summed E-state index contributed by atoms with van der Waals surface area (Å²) in [7, 11) is -2.70. The molecule has 0 radical (unpaired) electrons. The Morgan fingerprint density at radius 2 is 1.57 bits per heavy atom. The molecule has 224 valence electrons. The summed E-state index contributed by atoms with van der Waals surface area (Å²) in [6.45, 7) is 1.20. The van der Waals surface area contributed by atoms with Crippen LogP contribution in [-0.4, -0.2) is 50.9 Å². The highest BCUT2D eigenvalue weighted by Gasteiger charge is 2.35. The number of ether oxygens (including phenoxy) is 1. The van der Waals surface area contributed by atoms with Gasteiger partial charge in [-0.3, -0.25) is 13.9 Å². The van der Waals surface area contributed by atoms with E-state index in [-0.39, 0.29) is 23.4 Å². The summed E-state index contributed by atoms with van der Waals surface area (Å²) in [5.74, 6) is -0.358. The van der Waals surface area contributed by atoms with Gasteiger partial charge in [0.15, 0.2) is 0 Å². The first kappa shape index (κ1) is 31.7. The normalized spacial score (nSPS) is 14.3. The first-order valence-corrected chi connectivity index (χ1v) is 16.1. The van der Waals surface area contributed by atoms with Crippen LogP contribution >= 0.6 is 23.2 Å². The van der Waals surface area contributed by atoms with Gasteiger partial charge in [-0.25, -0.2) is 8.42 Å². The summed E-state index contributed by atoms with van der Waals surface area (Å²) in [5.41, 5.74) is 0.784. The third-order valence-electron chi connectivity index (χ3n) is 7.45. The Morgan fingerprint density at radius 3 is 2.14 bits per heavy atom. The first-order valence-electron chi connectivity index (χ1n) is 13.9. The van der Waals surface area contributed by atoms with Crippen molar-refractivity contribution in [3.63, 3.8) is 0 Å². The molecule has 2 amide bonds. The van der Waals surface area contributed by atoms with Crippen molar-refractivity contribution < 1.29 is 22.7 Å². The fourth-order valence-electron chi connectivity index (χ4n) is 5.14. The zero-order valence-corrected chi connectivity index (χ0v) is 26.0. The maximum atomic E-state index is 14.2. The monoisotopic (exact) mass is 631 g/mol. The molecule has 3 aromatic carbocycles. The second kappa shape index (κ2) is 14.3. The molecule has 1 fully saturated rings. The lowest BCUT2D eigenvalue weighted by Gasteiger charge is -2.34. The number of benzene rings is 3. The number of sulfonamides is 1. The Morgan fingerprint density at radius 1 is 0.952 bits per heavy atom. The van der Waals surface area contributed by atoms with Crippen LogP contribution in [0.3, 0.4) is 0 Å². The fourth-order valence-corrected chi connectivity index (χ4v) is 7.07. The smallest absolute Gasteiger partial charge is 0.264 e. The molecule has 42 heavy (non-hydrogen) atoms. The number of nitrogens with zero attached hydrogens (tertiary/aromatic N) is 2. The van der Waals surface area contributed by atoms with Crippen molar-refractivity contribution in [1.82, 2.24) is 10.2 Å². The number of rotatable bonds is 12. The molecular weight excluding hydrogens is 597 g/mol. The van der Waals surface area contributed by atoms with Crippen molar-refractivity contribution in [1.29, 1.82) is 0 Å². The van der Waals surface area contributed by atoms with E-state index >= 15 is 0 Å². The highest BCUT2D eigenvalue weighted by molar-refractivity contribution is 7.92. The maximum absolute atomic E-state index is 14.2. The zero-order valence-electron chi connectivity index (χ0n) is 23.6. The van der Waals surface area contributed by atoms with Gasteiger partial charge in [0.05, 0.1) is 17.7 Å². The predicted octanol–water partition coefficient (Wildman–Crippen LogP) is 6.06. The third-order valence-corrected chi connectivity index (χ3v) is 9.94. The maximum Gasteiger partial charge on any atom is 0.264 e. The summed E-state index contributed by atoms with van der Waals surface area (Å²) < 4.78 is 34.1. The predicted molar refractivity (Wildman–Crippen MR) is 165 cm³/mol. The van der Waals surface area contributed by atoms with Crippen molar-refractivity contribution in [3.8, 4) is 5.75 Å². The lowest BCUT2D eigenvalue weighted by molar-refractivity contribution is -0.140. The summed E-state index contributed by atoms with van der Waals surface area (Å²) in [5, 5.41) is 3.78. The molecule has 1 N–H and O–H groups in total. The van der Waals surface area contributed by atoms with Crippen LogP contribution in [0.5, 0.6) is 5.75 Å². The second-order valence-electron chi connectivity index (χ2n) is 10.2. The van der Waals surface area contributed by atoms with Gasteiger partial charge in [0, 0.05) is 28.2 Å². The van der Waals surface area contributed by atoms with Gasteiger partial charge in [0.1, 0.15) is 18.3 Å². The standard InChI is InChI=1S/C31H35Cl2N3O5S/c1-3-29(31(38)34-22-10-7-8-11-22)35(20-26-27(32)14-9-15-28(26)33)30(37)21-36(23-12-5-4-6-13-23)42(39,40)25-18-16-24(41-2)17-19-25/h4-6,9,12-19,22,29H,3,7-8,10-11,20-21H2,1-2H3,(H,34,38). The third kappa shape index (κ3) is 7.38. The van der Waals surface area contributed by atoms with Crippen molar-refractivity contribution in [2.75, 3.05) is 18.0 Å². The molecule has 11 heteroatoms. The van der Waals surface area contributed by atoms with E-state index < -0.39 is 28.5 Å². The van der Waals surface area contributed by atoms with Crippen molar-refractivity contribution >= 4 is 50.7 Å². The van der Waals surface area contributed by atoms with E-state index in [0.29, 0.717) is 33.5 Å². The number of carbonyl (C=O) groups excluding carboxylic acids is 2. The quantitative estimate of drug-likeness (QED) is 0.262. The van der Waals surface area contributed by atoms with Crippen molar-refractivity contribution in [3.05, 3.63) is 88.4 Å². The number of nitrogens with one attached hydrogen (secondary N) is 1. The molecule has 0 aliphatic heterocycles. The van der Waals surface area contributed by atoms with E-state index in [1.54, 1.807) is 60.7 Å². The molecule has 0 spiro atoms. The number of para-hydroxylation sites is 1. The van der Waals surface area contributed by atoms with E-state index in [2.05, 4.69) is 5.32 Å². The summed E-state index contributed by atoms with van der Waals surface area (Å²) in [6.07, 6.45) is 4.15. The molecule has 1 unspecified atom stereocenters. The minimum Gasteiger partial charge on any atom is -0.497 e. The Labute approximate surface area is 257 Å². The van der Waals surface area contributed by atoms with Crippen LogP contribution < -0.4 is 14.4 Å². The van der Waals surface area contributed by atoms with E-state index in [0.717, 1.165) is 30.0 Å². The Balaban J connectivity index is 1.72. The van der Waals surface area contributed by atoms with Crippen LogP contribution in [0.15, 0.2) is 77.7 Å². The van der Waals surface area contributed by atoms with Gasteiger partial charge in [-0.05, 0) is 67.8 Å². The Kier molecular flexibility index (Phi) is 10.8. The minimum absolute atomic E-state index is 0.00771. The number of halogens is 2. The van der Waals surface area contributed by atoms with E-state index in [9.17, 15) is 18.0 Å². The summed E-state index contributed by atoms with van der Waals surface area (Å²) >= 11 is 13.0. The van der Waals surface area contributed by atoms with Crippen LogP contribution in [0.4, 0.5) is 5.69 Å². The van der Waals surface area contributed by atoms with Gasteiger partial charge in [0.2, 0.25) is 11.8 Å². The average Bonchev–Trinajstić information content (AvgIpc) is 3.50. The Hall–Kier alpha value is -3.27. The minimum atomic E-state index is -4.19. The second-order valence-corrected chi connectivity index (χ2v) is 12.8. The van der Waals surface area contributed by atoms with Crippen LogP contribution in [0, 0.1) is 0 Å². The zero-order chi connectivity index (χ0) is 30.3. The molecule has 1 atom stereocenters. The number of amides is 2. The molecule has 1 aliphatic carbocycles. The Bertz CT molecular complexity index is 1460. The number of methoxy groups -OCH3 is 1. The van der Waals surface area contributed by atoms with Crippen LogP contribution in [0.1, 0.15) is 44.6 Å². The van der Waals surface area contributed by atoms with Gasteiger partial charge in [-0.2, -0.15) is 0 Å². The molecule has 4 rings (SSSR count). The molecule has 3 aromatic rings. The van der Waals surface area contributed by atoms with Crippen LogP contribution in [0.2, 0.25) is 10.0 Å². The highest BCUT2D eigenvalue weighted by Crippen LogP contribution is 2.29. The number of hydrogen-bond donors (Lipinski definition) is 1. The largest absolute Gasteiger partial charge is 0.497 e. The van der Waals surface area contributed by atoms with E-state index in [1.807, 2.05) is 6.92 Å². The number of hydrogen-bond acceptors (Lipinski definition) is 5.